The quantitative estimate of drug-likeness (QED) is 0.180. The minimum absolute atomic E-state index is 0.00133. The molecule has 1 saturated carbocycles. The molecular formula is C28H39NO10. The number of methoxy groups -OCH3 is 1. The van der Waals surface area contributed by atoms with Crippen LogP contribution in [0.2, 0.25) is 0 Å². The van der Waals surface area contributed by atoms with E-state index in [0.717, 1.165) is 0 Å². The first kappa shape index (κ1) is 30.4. The van der Waals surface area contributed by atoms with E-state index in [2.05, 4.69) is 11.9 Å². The van der Waals surface area contributed by atoms with Gasteiger partial charge in [0, 0.05) is 11.8 Å². The van der Waals surface area contributed by atoms with E-state index < -0.39 is 41.1 Å². The summed E-state index contributed by atoms with van der Waals surface area (Å²) < 4.78 is 39.0. The van der Waals surface area contributed by atoms with Crippen molar-refractivity contribution in [3.05, 3.63) is 36.9 Å². The Bertz CT molecular complexity index is 981. The highest BCUT2D eigenvalue weighted by atomic mass is 16.7. The molecule has 0 unspecified atom stereocenters. The summed E-state index contributed by atoms with van der Waals surface area (Å²) in [7, 11) is 1.58. The van der Waals surface area contributed by atoms with Gasteiger partial charge in [-0.3, -0.25) is 9.59 Å². The van der Waals surface area contributed by atoms with E-state index in [1.807, 2.05) is 0 Å². The first-order valence-corrected chi connectivity index (χ1v) is 13.0. The van der Waals surface area contributed by atoms with Crippen LogP contribution in [0.3, 0.4) is 0 Å². The maximum absolute atomic E-state index is 13.4. The highest BCUT2D eigenvalue weighted by Gasteiger charge is 2.57. The molecular weight excluding hydrogens is 510 g/mol. The van der Waals surface area contributed by atoms with E-state index in [4.69, 9.17) is 33.2 Å². The molecule has 0 bridgehead atoms. The fourth-order valence-electron chi connectivity index (χ4n) is 4.58. The molecule has 1 aromatic carbocycles. The monoisotopic (exact) mass is 549 g/mol. The second-order valence-corrected chi connectivity index (χ2v) is 10.4. The summed E-state index contributed by atoms with van der Waals surface area (Å²) in [5.74, 6) is -1.89. The molecule has 3 rings (SSSR count). The fourth-order valence-corrected chi connectivity index (χ4v) is 4.58. The van der Waals surface area contributed by atoms with Gasteiger partial charge < -0.3 is 38.5 Å². The van der Waals surface area contributed by atoms with Gasteiger partial charge in [-0.1, -0.05) is 12.7 Å². The Balaban J connectivity index is 1.72. The highest BCUT2D eigenvalue weighted by Crippen LogP contribution is 2.42. The normalized spacial score (nSPS) is 22.3. The zero-order valence-electron chi connectivity index (χ0n) is 23.1. The van der Waals surface area contributed by atoms with Crippen molar-refractivity contribution in [2.45, 2.75) is 45.4 Å². The molecule has 1 aliphatic heterocycles. The number of esters is 1. The van der Waals surface area contributed by atoms with Crippen LogP contribution in [-0.2, 0) is 33.3 Å². The van der Waals surface area contributed by atoms with Gasteiger partial charge >= 0.3 is 12.1 Å². The second kappa shape index (κ2) is 13.8. The number of ether oxygens (including phenoxy) is 7. The minimum Gasteiger partial charge on any atom is -0.497 e. The van der Waals surface area contributed by atoms with Crippen molar-refractivity contribution in [2.75, 3.05) is 46.9 Å². The fraction of sp³-hybridized carbons (Fsp3) is 0.607. The molecule has 2 fully saturated rings. The average molecular weight is 550 g/mol. The molecule has 1 aliphatic carbocycles. The summed E-state index contributed by atoms with van der Waals surface area (Å²) >= 11 is 0. The van der Waals surface area contributed by atoms with Gasteiger partial charge in [0.05, 0.1) is 51.4 Å². The molecule has 0 aromatic heterocycles. The van der Waals surface area contributed by atoms with E-state index in [9.17, 15) is 14.4 Å². The summed E-state index contributed by atoms with van der Waals surface area (Å²) in [6, 6.07) is 6.25. The SMILES string of the molecule is C=CCOC(=O)N[C@H]1[C@H](COC(=O)C(C)(C)C)[C@H](CCOCOc2ccc(OC)cc2)C(=O)CC12OCCO2. The van der Waals surface area contributed by atoms with Crippen LogP contribution >= 0.6 is 0 Å². The first-order valence-electron chi connectivity index (χ1n) is 13.0. The number of hydrogen-bond acceptors (Lipinski definition) is 10. The van der Waals surface area contributed by atoms with Gasteiger partial charge in [-0.15, -0.1) is 0 Å². The van der Waals surface area contributed by atoms with Crippen LogP contribution in [0.4, 0.5) is 4.79 Å². The zero-order valence-corrected chi connectivity index (χ0v) is 23.1. The Morgan fingerprint density at radius 1 is 1.13 bits per heavy atom. The summed E-state index contributed by atoms with van der Waals surface area (Å²) in [6.07, 6.45) is 0.955. The van der Waals surface area contributed by atoms with Crippen molar-refractivity contribution >= 4 is 17.8 Å². The summed E-state index contributed by atoms with van der Waals surface area (Å²) in [5.41, 5.74) is -0.750. The van der Waals surface area contributed by atoms with Crippen molar-refractivity contribution in [3.63, 3.8) is 0 Å². The molecule has 2 aliphatic rings. The lowest BCUT2D eigenvalue weighted by atomic mass is 9.70. The van der Waals surface area contributed by atoms with Crippen LogP contribution in [-0.4, -0.2) is 76.6 Å². The number of nitrogens with one attached hydrogen (secondary N) is 1. The van der Waals surface area contributed by atoms with Crippen LogP contribution in [0, 0.1) is 17.3 Å². The van der Waals surface area contributed by atoms with Crippen LogP contribution < -0.4 is 14.8 Å². The molecule has 216 valence electrons. The van der Waals surface area contributed by atoms with Gasteiger partial charge in [-0.05, 0) is 51.5 Å². The Kier molecular flexibility index (Phi) is 10.7. The Labute approximate surface area is 229 Å². The Morgan fingerprint density at radius 3 is 2.41 bits per heavy atom. The predicted octanol–water partition coefficient (Wildman–Crippen LogP) is 3.26. The average Bonchev–Trinajstić information content (AvgIpc) is 3.37. The molecule has 1 amide bonds. The minimum atomic E-state index is -1.38. The van der Waals surface area contributed by atoms with Crippen molar-refractivity contribution in [1.29, 1.82) is 0 Å². The molecule has 1 aromatic rings. The topological polar surface area (TPSA) is 128 Å². The third kappa shape index (κ3) is 8.17. The lowest BCUT2D eigenvalue weighted by Crippen LogP contribution is -2.65. The molecule has 39 heavy (non-hydrogen) atoms. The van der Waals surface area contributed by atoms with E-state index in [1.165, 1.54) is 6.08 Å². The third-order valence-corrected chi connectivity index (χ3v) is 6.60. The van der Waals surface area contributed by atoms with Crippen molar-refractivity contribution in [3.8, 4) is 11.5 Å². The molecule has 1 saturated heterocycles. The molecule has 1 spiro atoms. The van der Waals surface area contributed by atoms with Crippen molar-refractivity contribution < 1.29 is 47.5 Å². The molecule has 3 atom stereocenters. The van der Waals surface area contributed by atoms with Crippen LogP contribution in [0.5, 0.6) is 11.5 Å². The molecule has 0 radical (unpaired) electrons. The van der Waals surface area contributed by atoms with E-state index in [-0.39, 0.29) is 52.0 Å². The van der Waals surface area contributed by atoms with Crippen LogP contribution in [0.25, 0.3) is 0 Å². The summed E-state index contributed by atoms with van der Waals surface area (Å²) in [6.45, 7) is 9.33. The lowest BCUT2D eigenvalue weighted by molar-refractivity contribution is -0.216. The molecule has 1 N–H and O–H groups in total. The maximum atomic E-state index is 13.4. The number of carbonyl (C=O) groups excluding carboxylic acids is 3. The third-order valence-electron chi connectivity index (χ3n) is 6.60. The summed E-state index contributed by atoms with van der Waals surface area (Å²) in [5, 5.41) is 2.80. The lowest BCUT2D eigenvalue weighted by Gasteiger charge is -2.46. The highest BCUT2D eigenvalue weighted by molar-refractivity contribution is 5.84. The van der Waals surface area contributed by atoms with Crippen LogP contribution in [0.1, 0.15) is 33.6 Å². The first-order chi connectivity index (χ1) is 18.6. The number of amides is 1. The number of alkyl carbamates (subject to hydrolysis) is 1. The number of ketones is 1. The number of benzene rings is 1. The zero-order chi connectivity index (χ0) is 28.5. The second-order valence-electron chi connectivity index (χ2n) is 10.4. The predicted molar refractivity (Wildman–Crippen MR) is 139 cm³/mol. The number of carbonyl (C=O) groups is 3. The standard InChI is InChI=1S/C28H39NO10/c1-6-12-35-26(32)29-24-22(17-36-25(31)27(2,3)4)21(23(30)16-28(24)38-14-15-39-28)11-13-34-18-37-20-9-7-19(33-5)8-10-20/h6-10,21-22,24H,1,11-18H2,2-5H3,(H,29,32)/t21-,22+,24-/m0/s1. The van der Waals surface area contributed by atoms with Crippen LogP contribution in [0.15, 0.2) is 36.9 Å². The van der Waals surface area contributed by atoms with Gasteiger partial charge in [0.25, 0.3) is 0 Å². The van der Waals surface area contributed by atoms with E-state index >= 15 is 0 Å². The Morgan fingerprint density at radius 2 is 1.79 bits per heavy atom. The van der Waals surface area contributed by atoms with Crippen molar-refractivity contribution in [1.82, 2.24) is 5.32 Å². The smallest absolute Gasteiger partial charge is 0.407 e. The summed E-state index contributed by atoms with van der Waals surface area (Å²) in [4.78, 5) is 38.6. The number of Topliss-reactive ketones (excluding diaryl/α,β-unsaturated/α-hetero) is 1. The molecule has 1 heterocycles. The molecule has 11 heteroatoms. The van der Waals surface area contributed by atoms with Gasteiger partial charge in [0.1, 0.15) is 23.9 Å². The van der Waals surface area contributed by atoms with Crippen molar-refractivity contribution in [2.24, 2.45) is 17.3 Å². The van der Waals surface area contributed by atoms with Gasteiger partial charge in [0.2, 0.25) is 0 Å². The number of hydrogen-bond donors (Lipinski definition) is 1. The Hall–Kier alpha value is -3.15. The largest absolute Gasteiger partial charge is 0.497 e. The van der Waals surface area contributed by atoms with E-state index in [0.29, 0.717) is 17.9 Å². The molecule has 11 nitrogen and oxygen atoms in total. The number of rotatable bonds is 12. The van der Waals surface area contributed by atoms with Gasteiger partial charge in [0.15, 0.2) is 12.6 Å². The maximum Gasteiger partial charge on any atom is 0.407 e. The van der Waals surface area contributed by atoms with E-state index in [1.54, 1.807) is 52.1 Å². The van der Waals surface area contributed by atoms with Gasteiger partial charge in [-0.2, -0.15) is 0 Å². The van der Waals surface area contributed by atoms with Gasteiger partial charge in [-0.25, -0.2) is 4.79 Å².